The quantitative estimate of drug-likeness (QED) is 0.647. The lowest BCUT2D eigenvalue weighted by atomic mass is 9.92. The summed E-state index contributed by atoms with van der Waals surface area (Å²) in [6.07, 6.45) is 5.54. The van der Waals surface area contributed by atoms with Gasteiger partial charge in [-0.2, -0.15) is 0 Å². The maximum atomic E-state index is 13.2. The van der Waals surface area contributed by atoms with Crippen LogP contribution < -0.4 is 5.32 Å². The van der Waals surface area contributed by atoms with Crippen LogP contribution >= 0.6 is 0 Å². The van der Waals surface area contributed by atoms with Gasteiger partial charge in [0.15, 0.2) is 0 Å². The molecule has 1 fully saturated rings. The predicted octanol–water partition coefficient (Wildman–Crippen LogP) is 5.08. The minimum atomic E-state index is -0.0712. The van der Waals surface area contributed by atoms with Gasteiger partial charge in [0.2, 0.25) is 0 Å². The molecule has 2 amide bonds. The number of nitrogens with zero attached hydrogens (tertiary/aromatic N) is 1. The smallest absolute Gasteiger partial charge is 0.318 e. The maximum Gasteiger partial charge on any atom is 0.318 e. The van der Waals surface area contributed by atoms with E-state index in [2.05, 4.69) is 65.8 Å². The SMILES string of the molecule is Cc1ccc(C2c3[nH]c4ccccc4c3CCN2C(=O)NC2CCCC2)cc1. The predicted molar refractivity (Wildman–Crippen MR) is 113 cm³/mol. The Morgan fingerprint density at radius 2 is 1.82 bits per heavy atom. The third kappa shape index (κ3) is 2.97. The van der Waals surface area contributed by atoms with E-state index in [1.54, 1.807) is 0 Å². The highest BCUT2D eigenvalue weighted by molar-refractivity contribution is 5.86. The van der Waals surface area contributed by atoms with Gasteiger partial charge in [0.25, 0.3) is 0 Å². The van der Waals surface area contributed by atoms with Gasteiger partial charge in [-0.25, -0.2) is 4.79 Å². The number of fused-ring (bicyclic) bond motifs is 3. The Hall–Kier alpha value is -2.75. The Kier molecular flexibility index (Phi) is 4.34. The Balaban J connectivity index is 1.56. The number of carbonyl (C=O) groups excluding carboxylic acids is 1. The Labute approximate surface area is 165 Å². The molecule has 4 heteroatoms. The molecular weight excluding hydrogens is 346 g/mol. The van der Waals surface area contributed by atoms with Crippen molar-refractivity contribution in [2.45, 2.75) is 51.1 Å². The molecular formula is C24H27N3O. The fourth-order valence-corrected chi connectivity index (χ4v) is 4.88. The van der Waals surface area contributed by atoms with Gasteiger partial charge >= 0.3 is 6.03 Å². The van der Waals surface area contributed by atoms with Crippen molar-refractivity contribution in [1.29, 1.82) is 0 Å². The molecule has 0 radical (unpaired) electrons. The summed E-state index contributed by atoms with van der Waals surface area (Å²) in [6.45, 7) is 2.84. The number of benzene rings is 2. The zero-order valence-electron chi connectivity index (χ0n) is 16.4. The number of rotatable bonds is 2. The molecule has 144 valence electrons. The van der Waals surface area contributed by atoms with Crippen LogP contribution in [0.2, 0.25) is 0 Å². The van der Waals surface area contributed by atoms with Crippen LogP contribution in [0.5, 0.6) is 0 Å². The van der Waals surface area contributed by atoms with Crippen LogP contribution in [0.4, 0.5) is 4.79 Å². The maximum absolute atomic E-state index is 13.2. The first-order chi connectivity index (χ1) is 13.7. The average molecular weight is 374 g/mol. The summed E-state index contributed by atoms with van der Waals surface area (Å²) in [5.41, 5.74) is 6.07. The van der Waals surface area contributed by atoms with E-state index in [0.29, 0.717) is 6.04 Å². The summed E-state index contributed by atoms with van der Waals surface area (Å²) >= 11 is 0. The highest BCUT2D eigenvalue weighted by Crippen LogP contribution is 2.38. The van der Waals surface area contributed by atoms with Gasteiger partial charge in [-0.05, 0) is 43.4 Å². The van der Waals surface area contributed by atoms with Gasteiger partial charge in [-0.1, -0.05) is 60.9 Å². The monoisotopic (exact) mass is 373 g/mol. The van der Waals surface area contributed by atoms with Crippen LogP contribution in [-0.2, 0) is 6.42 Å². The third-order valence-electron chi connectivity index (χ3n) is 6.37. The number of amides is 2. The molecule has 3 aromatic rings. The molecule has 0 spiro atoms. The fourth-order valence-electron chi connectivity index (χ4n) is 4.88. The van der Waals surface area contributed by atoms with Crippen LogP contribution in [0, 0.1) is 6.92 Å². The van der Waals surface area contributed by atoms with Gasteiger partial charge in [-0.3, -0.25) is 0 Å². The molecule has 28 heavy (non-hydrogen) atoms. The number of H-pyrrole nitrogens is 1. The molecule has 1 aliphatic heterocycles. The first-order valence-corrected chi connectivity index (χ1v) is 10.4. The number of aryl methyl sites for hydroxylation is 1. The van der Waals surface area contributed by atoms with Crippen molar-refractivity contribution in [2.75, 3.05) is 6.54 Å². The van der Waals surface area contributed by atoms with Crippen molar-refractivity contribution in [3.63, 3.8) is 0 Å². The summed E-state index contributed by atoms with van der Waals surface area (Å²) in [5, 5.41) is 4.58. The summed E-state index contributed by atoms with van der Waals surface area (Å²) in [6, 6.07) is 17.4. The number of aromatic amines is 1. The lowest BCUT2D eigenvalue weighted by Gasteiger charge is -2.37. The molecule has 4 nitrogen and oxygen atoms in total. The van der Waals surface area contributed by atoms with Crippen molar-refractivity contribution in [3.8, 4) is 0 Å². The normalized spacial score (nSPS) is 19.8. The topological polar surface area (TPSA) is 48.1 Å². The van der Waals surface area contributed by atoms with E-state index >= 15 is 0 Å². The van der Waals surface area contributed by atoms with E-state index in [0.717, 1.165) is 37.0 Å². The van der Waals surface area contributed by atoms with Crippen molar-refractivity contribution in [2.24, 2.45) is 0 Å². The molecule has 2 N–H and O–H groups in total. The van der Waals surface area contributed by atoms with Crippen molar-refractivity contribution < 1.29 is 4.79 Å². The third-order valence-corrected chi connectivity index (χ3v) is 6.37. The largest absolute Gasteiger partial charge is 0.356 e. The Morgan fingerprint density at radius 1 is 1.07 bits per heavy atom. The zero-order chi connectivity index (χ0) is 19.1. The van der Waals surface area contributed by atoms with E-state index in [1.165, 1.54) is 34.9 Å². The van der Waals surface area contributed by atoms with Gasteiger partial charge in [0.05, 0.1) is 6.04 Å². The molecule has 0 saturated heterocycles. The molecule has 2 heterocycles. The number of aromatic nitrogens is 1. The van der Waals surface area contributed by atoms with Crippen LogP contribution in [0.15, 0.2) is 48.5 Å². The van der Waals surface area contributed by atoms with E-state index in [9.17, 15) is 4.79 Å². The van der Waals surface area contributed by atoms with Crippen molar-refractivity contribution >= 4 is 16.9 Å². The number of hydrogen-bond donors (Lipinski definition) is 2. The van der Waals surface area contributed by atoms with Crippen LogP contribution in [0.1, 0.15) is 54.1 Å². The minimum absolute atomic E-state index is 0.0711. The molecule has 1 saturated carbocycles. The van der Waals surface area contributed by atoms with Crippen LogP contribution in [0.3, 0.4) is 0 Å². The standard InChI is InChI=1S/C24H27N3O/c1-16-10-12-17(13-11-16)23-22-20(19-8-4-5-9-21(19)26-22)14-15-27(23)24(28)25-18-6-2-3-7-18/h4-5,8-13,18,23,26H,2-3,6-7,14-15H2,1H3,(H,25,28). The van der Waals surface area contributed by atoms with E-state index in [-0.39, 0.29) is 12.1 Å². The fraction of sp³-hybridized carbons (Fsp3) is 0.375. The van der Waals surface area contributed by atoms with E-state index in [4.69, 9.17) is 0 Å². The molecule has 1 unspecified atom stereocenters. The molecule has 5 rings (SSSR count). The Morgan fingerprint density at radius 3 is 2.61 bits per heavy atom. The molecule has 2 aromatic carbocycles. The van der Waals surface area contributed by atoms with Gasteiger partial charge < -0.3 is 15.2 Å². The summed E-state index contributed by atoms with van der Waals surface area (Å²) in [5.74, 6) is 0. The number of nitrogens with one attached hydrogen (secondary N) is 2. The molecule has 1 aliphatic carbocycles. The molecule has 1 aromatic heterocycles. The van der Waals surface area contributed by atoms with Crippen molar-refractivity contribution in [1.82, 2.24) is 15.2 Å². The molecule has 1 atom stereocenters. The number of para-hydroxylation sites is 1. The highest BCUT2D eigenvalue weighted by atomic mass is 16.2. The summed E-state index contributed by atoms with van der Waals surface area (Å²) < 4.78 is 0. The minimum Gasteiger partial charge on any atom is -0.356 e. The summed E-state index contributed by atoms with van der Waals surface area (Å²) in [7, 11) is 0. The number of urea groups is 1. The second-order valence-corrected chi connectivity index (χ2v) is 8.25. The lowest BCUT2D eigenvalue weighted by molar-refractivity contribution is 0.175. The Bertz CT molecular complexity index is 998. The average Bonchev–Trinajstić information content (AvgIpc) is 3.35. The van der Waals surface area contributed by atoms with E-state index in [1.807, 2.05) is 4.90 Å². The second kappa shape index (κ2) is 7.01. The van der Waals surface area contributed by atoms with Crippen molar-refractivity contribution in [3.05, 3.63) is 70.9 Å². The lowest BCUT2D eigenvalue weighted by Crippen LogP contribution is -2.48. The van der Waals surface area contributed by atoms with Crippen LogP contribution in [-0.4, -0.2) is 28.5 Å². The first kappa shape index (κ1) is 17.4. The first-order valence-electron chi connectivity index (χ1n) is 10.4. The van der Waals surface area contributed by atoms with Gasteiger partial charge in [0, 0.05) is 29.2 Å². The van der Waals surface area contributed by atoms with Crippen LogP contribution in [0.25, 0.3) is 10.9 Å². The number of carbonyl (C=O) groups is 1. The molecule has 0 bridgehead atoms. The van der Waals surface area contributed by atoms with E-state index < -0.39 is 0 Å². The zero-order valence-corrected chi connectivity index (χ0v) is 16.4. The molecule has 2 aliphatic rings. The second-order valence-electron chi connectivity index (χ2n) is 8.25. The van der Waals surface area contributed by atoms with Gasteiger partial charge in [0.1, 0.15) is 0 Å². The highest BCUT2D eigenvalue weighted by Gasteiger charge is 2.35. The number of hydrogen-bond acceptors (Lipinski definition) is 1. The summed E-state index contributed by atoms with van der Waals surface area (Å²) in [4.78, 5) is 18.9. The van der Waals surface area contributed by atoms with Gasteiger partial charge in [-0.15, -0.1) is 0 Å².